The quantitative estimate of drug-likeness (QED) is 0.748. The van der Waals surface area contributed by atoms with Crippen LogP contribution >= 0.6 is 11.3 Å². The molecule has 1 saturated heterocycles. The zero-order chi connectivity index (χ0) is 20.2. The van der Waals surface area contributed by atoms with E-state index in [0.717, 1.165) is 56.3 Å². The number of fused-ring (bicyclic) bond motifs is 1. The number of aromatic nitrogens is 1. The summed E-state index contributed by atoms with van der Waals surface area (Å²) in [5.74, 6) is 1.15. The van der Waals surface area contributed by atoms with Crippen LogP contribution in [0.1, 0.15) is 42.2 Å². The number of aryl methyl sites for hydroxylation is 1. The van der Waals surface area contributed by atoms with Gasteiger partial charge in [-0.3, -0.25) is 9.69 Å². The van der Waals surface area contributed by atoms with Crippen LogP contribution in [-0.4, -0.2) is 38.1 Å². The van der Waals surface area contributed by atoms with Crippen molar-refractivity contribution in [1.82, 2.24) is 0 Å². The number of hydrogen-bond donors (Lipinski definition) is 2. The Bertz CT molecular complexity index is 896. The summed E-state index contributed by atoms with van der Waals surface area (Å²) < 4.78 is 0. The summed E-state index contributed by atoms with van der Waals surface area (Å²) in [4.78, 5) is 21.2. The van der Waals surface area contributed by atoms with Gasteiger partial charge < -0.3 is 10.2 Å². The molecule has 0 saturated carbocycles. The van der Waals surface area contributed by atoms with Gasteiger partial charge in [-0.05, 0) is 44.2 Å². The van der Waals surface area contributed by atoms with Crippen molar-refractivity contribution in [3.05, 3.63) is 40.4 Å². The molecule has 1 fully saturated rings. The summed E-state index contributed by atoms with van der Waals surface area (Å²) in [5, 5.41) is 13.5. The third kappa shape index (κ3) is 4.29. The number of carbonyl (C=O) groups excluding carboxylic acids is 1. The molecule has 2 aromatic heterocycles. The summed E-state index contributed by atoms with van der Waals surface area (Å²) in [6, 6.07) is 8.33. The van der Waals surface area contributed by atoms with Crippen molar-refractivity contribution in [2.45, 2.75) is 45.1 Å². The van der Waals surface area contributed by atoms with E-state index in [-0.39, 0.29) is 11.9 Å². The first-order chi connectivity index (χ1) is 14.2. The number of pyridine rings is 1. The molecule has 6 nitrogen and oxygen atoms in total. The lowest BCUT2D eigenvalue weighted by atomic mass is 10.1. The third-order valence-electron chi connectivity index (χ3n) is 6.21. The summed E-state index contributed by atoms with van der Waals surface area (Å²) in [6.45, 7) is 5.68. The van der Waals surface area contributed by atoms with Crippen LogP contribution in [0.3, 0.4) is 0 Å². The van der Waals surface area contributed by atoms with E-state index in [2.05, 4.69) is 27.3 Å². The highest BCUT2D eigenvalue weighted by atomic mass is 32.1. The van der Waals surface area contributed by atoms with E-state index in [4.69, 9.17) is 0 Å². The molecule has 152 valence electrons. The number of anilines is 2. The van der Waals surface area contributed by atoms with E-state index in [1.54, 1.807) is 11.3 Å². The molecule has 1 amide bonds. The zero-order valence-electron chi connectivity index (χ0n) is 17.0. The van der Waals surface area contributed by atoms with E-state index in [0.29, 0.717) is 5.56 Å². The molecule has 3 heterocycles. The molecule has 0 aromatic carbocycles. The lowest BCUT2D eigenvalue weighted by molar-refractivity contribution is -0.914. The Hall–Kier alpha value is -2.43. The summed E-state index contributed by atoms with van der Waals surface area (Å²) in [7, 11) is 0. The predicted octanol–water partition coefficient (Wildman–Crippen LogP) is 1.43. The molecule has 2 aromatic rings. The van der Waals surface area contributed by atoms with E-state index in [9.17, 15) is 10.1 Å². The van der Waals surface area contributed by atoms with Crippen molar-refractivity contribution >= 4 is 28.1 Å². The van der Waals surface area contributed by atoms with Gasteiger partial charge in [0, 0.05) is 10.9 Å². The van der Waals surface area contributed by atoms with Gasteiger partial charge in [0.25, 0.3) is 11.7 Å². The van der Waals surface area contributed by atoms with Crippen LogP contribution < -0.4 is 20.1 Å². The average Bonchev–Trinajstić information content (AvgIpc) is 2.92. The zero-order valence-corrected chi connectivity index (χ0v) is 17.8. The number of rotatable bonds is 4. The molecule has 1 aliphatic carbocycles. The number of nitriles is 1. The predicted molar refractivity (Wildman–Crippen MR) is 114 cm³/mol. The van der Waals surface area contributed by atoms with Crippen molar-refractivity contribution < 1.29 is 14.7 Å². The van der Waals surface area contributed by atoms with Crippen LogP contribution in [0.5, 0.6) is 0 Å². The Morgan fingerprint density at radius 2 is 2.07 bits per heavy atom. The number of quaternary nitrogens is 1. The molecular formula is C22H29N5OS+2. The molecule has 0 unspecified atom stereocenters. The first-order valence-electron chi connectivity index (χ1n) is 10.6. The molecule has 1 atom stereocenters. The molecular weight excluding hydrogens is 382 g/mol. The first kappa shape index (κ1) is 19.9. The molecule has 2 aliphatic rings. The first-order valence-corrected chi connectivity index (χ1v) is 11.4. The minimum atomic E-state index is -0.134. The largest absolute Gasteiger partial charge is 0.318 e. The SMILES string of the molecule is C[C@@H](C(=O)Nc1sc2c(c1C#N)CCCCC2)[NH+]1CCN(c2cccc[nH+]2)CC1. The molecule has 0 bridgehead atoms. The maximum Gasteiger partial charge on any atom is 0.283 e. The number of amides is 1. The smallest absolute Gasteiger partial charge is 0.283 e. The minimum absolute atomic E-state index is 0.0210. The fraction of sp³-hybridized carbons (Fsp3) is 0.500. The number of piperazine rings is 1. The van der Waals surface area contributed by atoms with E-state index in [1.165, 1.54) is 28.2 Å². The Balaban J connectivity index is 1.39. The van der Waals surface area contributed by atoms with Crippen molar-refractivity contribution in [1.29, 1.82) is 5.26 Å². The standard InChI is InChI=1S/C22H27N5OS/c1-16(26-11-13-27(14-12-26)20-9-5-6-10-24-20)21(28)25-22-18(15-23)17-7-3-2-4-8-19(17)29-22/h5-6,9-10,16H,2-4,7-8,11-14H2,1H3,(H,25,28)/p+2/t16-/m0/s1. The number of thiophene rings is 1. The minimum Gasteiger partial charge on any atom is -0.318 e. The highest BCUT2D eigenvalue weighted by Gasteiger charge is 2.33. The third-order valence-corrected chi connectivity index (χ3v) is 7.42. The lowest BCUT2D eigenvalue weighted by Gasteiger charge is -2.31. The molecule has 0 spiro atoms. The van der Waals surface area contributed by atoms with Gasteiger partial charge in [0.15, 0.2) is 6.04 Å². The topological polar surface area (TPSA) is 74.7 Å². The number of carbonyl (C=O) groups is 1. The molecule has 0 radical (unpaired) electrons. The van der Waals surface area contributed by atoms with Gasteiger partial charge in [0.2, 0.25) is 0 Å². The monoisotopic (exact) mass is 411 g/mol. The fourth-order valence-corrected chi connectivity index (χ4v) is 5.65. The normalized spacial score (nSPS) is 18.4. The Morgan fingerprint density at radius 1 is 1.28 bits per heavy atom. The highest BCUT2D eigenvalue weighted by molar-refractivity contribution is 7.16. The van der Waals surface area contributed by atoms with Crippen LogP contribution in [0.25, 0.3) is 0 Å². The number of H-pyrrole nitrogens is 1. The van der Waals surface area contributed by atoms with Crippen LogP contribution in [0.4, 0.5) is 10.8 Å². The summed E-state index contributed by atoms with van der Waals surface area (Å²) in [6.07, 6.45) is 7.47. The van der Waals surface area contributed by atoms with Crippen LogP contribution in [-0.2, 0) is 17.6 Å². The van der Waals surface area contributed by atoms with Crippen LogP contribution in [0, 0.1) is 11.3 Å². The van der Waals surface area contributed by atoms with Crippen molar-refractivity contribution in [2.75, 3.05) is 36.4 Å². The maximum atomic E-state index is 13.0. The number of nitrogens with one attached hydrogen (secondary N) is 3. The summed E-state index contributed by atoms with van der Waals surface area (Å²) >= 11 is 1.61. The molecule has 7 heteroatoms. The number of nitrogens with zero attached hydrogens (tertiary/aromatic N) is 2. The maximum absolute atomic E-state index is 13.0. The highest BCUT2D eigenvalue weighted by Crippen LogP contribution is 2.36. The van der Waals surface area contributed by atoms with Gasteiger partial charge >= 0.3 is 0 Å². The van der Waals surface area contributed by atoms with Gasteiger partial charge in [0.05, 0.1) is 11.8 Å². The fourth-order valence-electron chi connectivity index (χ4n) is 4.40. The van der Waals surface area contributed by atoms with Crippen molar-refractivity contribution in [3.63, 3.8) is 0 Å². The summed E-state index contributed by atoms with van der Waals surface area (Å²) in [5.41, 5.74) is 1.88. The van der Waals surface area contributed by atoms with Gasteiger partial charge in [-0.15, -0.1) is 11.3 Å². The van der Waals surface area contributed by atoms with Crippen LogP contribution in [0.2, 0.25) is 0 Å². The van der Waals surface area contributed by atoms with Crippen molar-refractivity contribution in [2.24, 2.45) is 0 Å². The second-order valence-corrected chi connectivity index (χ2v) is 9.09. The number of aromatic amines is 1. The van der Waals surface area contributed by atoms with E-state index < -0.39 is 0 Å². The molecule has 4 rings (SSSR count). The van der Waals surface area contributed by atoms with Gasteiger partial charge in [-0.25, -0.2) is 4.98 Å². The van der Waals surface area contributed by atoms with Gasteiger partial charge in [-0.2, -0.15) is 5.26 Å². The second-order valence-electron chi connectivity index (χ2n) is 7.98. The van der Waals surface area contributed by atoms with Crippen molar-refractivity contribution in [3.8, 4) is 6.07 Å². The van der Waals surface area contributed by atoms with Gasteiger partial charge in [0.1, 0.15) is 37.2 Å². The second kappa shape index (κ2) is 8.93. The lowest BCUT2D eigenvalue weighted by Crippen LogP contribution is -3.19. The Labute approximate surface area is 176 Å². The van der Waals surface area contributed by atoms with Crippen LogP contribution in [0.15, 0.2) is 24.4 Å². The number of hydrogen-bond acceptors (Lipinski definition) is 4. The Morgan fingerprint density at radius 3 is 2.79 bits per heavy atom. The van der Waals surface area contributed by atoms with E-state index in [1.807, 2.05) is 25.3 Å². The van der Waals surface area contributed by atoms with E-state index >= 15 is 0 Å². The average molecular weight is 412 g/mol. The Kier molecular flexibility index (Phi) is 6.12. The van der Waals surface area contributed by atoms with Gasteiger partial charge in [-0.1, -0.05) is 12.5 Å². The molecule has 1 aliphatic heterocycles. The molecule has 3 N–H and O–H groups in total. The molecule has 29 heavy (non-hydrogen) atoms.